The molecule has 0 unspecified atom stereocenters. The van der Waals surface area contributed by atoms with Crippen LogP contribution in [0.15, 0.2) is 22.8 Å². The van der Waals surface area contributed by atoms with Crippen molar-refractivity contribution in [2.24, 2.45) is 5.41 Å². The Labute approximate surface area is 89.0 Å². The Morgan fingerprint density at radius 3 is 2.46 bits per heavy atom. The lowest BCUT2D eigenvalue weighted by Gasteiger charge is -2.26. The molecule has 1 heterocycles. The van der Waals surface area contributed by atoms with Gasteiger partial charge in [-0.1, -0.05) is 6.92 Å². The van der Waals surface area contributed by atoms with Crippen LogP contribution in [-0.4, -0.2) is 11.8 Å². The van der Waals surface area contributed by atoms with Crippen LogP contribution in [0.2, 0.25) is 0 Å². The van der Waals surface area contributed by atoms with Crippen LogP contribution in [0.3, 0.4) is 0 Å². The Kier molecular flexibility index (Phi) is 4.14. The predicted molar refractivity (Wildman–Crippen MR) is 56.6 cm³/mol. The summed E-state index contributed by atoms with van der Waals surface area (Å²) in [7, 11) is 0. The van der Waals surface area contributed by atoms with E-state index in [1.807, 2.05) is 12.1 Å². The van der Waals surface area contributed by atoms with Gasteiger partial charge < -0.3 is 4.42 Å². The highest BCUT2D eigenvalue weighted by Crippen LogP contribution is 2.30. The van der Waals surface area contributed by atoms with Gasteiger partial charge in [0, 0.05) is 23.6 Å². The fraction of sp³-hybridized carbons (Fsp3) is 0.600. The molecule has 0 aliphatic carbocycles. The van der Waals surface area contributed by atoms with E-state index in [4.69, 9.17) is 27.6 Å². The summed E-state index contributed by atoms with van der Waals surface area (Å²) in [5, 5.41) is 0. The lowest BCUT2D eigenvalue weighted by Crippen LogP contribution is -2.26. The maximum Gasteiger partial charge on any atom is 0.104 e. The third-order valence-corrected chi connectivity index (χ3v) is 3.58. The Morgan fingerprint density at radius 1 is 1.38 bits per heavy atom. The van der Waals surface area contributed by atoms with E-state index in [0.29, 0.717) is 11.8 Å². The second-order valence-corrected chi connectivity index (χ2v) is 3.91. The number of hydrogen-bond acceptors (Lipinski definition) is 1. The summed E-state index contributed by atoms with van der Waals surface area (Å²) in [5.41, 5.74) is -0.0129. The fourth-order valence-corrected chi connectivity index (χ4v) is 2.08. The maximum absolute atomic E-state index is 5.92. The third-order valence-electron chi connectivity index (χ3n) is 2.45. The zero-order valence-electron chi connectivity index (χ0n) is 7.72. The largest absolute Gasteiger partial charge is 0.469 e. The molecule has 0 aliphatic rings. The van der Waals surface area contributed by atoms with E-state index < -0.39 is 0 Å². The van der Waals surface area contributed by atoms with Crippen LogP contribution in [0.4, 0.5) is 0 Å². The quantitative estimate of drug-likeness (QED) is 0.691. The van der Waals surface area contributed by atoms with Crippen LogP contribution in [0.25, 0.3) is 0 Å². The van der Waals surface area contributed by atoms with Gasteiger partial charge in [0.1, 0.15) is 5.76 Å². The Hall–Kier alpha value is -0.140. The first kappa shape index (κ1) is 10.9. The van der Waals surface area contributed by atoms with Gasteiger partial charge in [-0.25, -0.2) is 0 Å². The van der Waals surface area contributed by atoms with Gasteiger partial charge in [-0.15, -0.1) is 23.2 Å². The van der Waals surface area contributed by atoms with Crippen molar-refractivity contribution in [1.29, 1.82) is 0 Å². The number of hydrogen-bond donors (Lipinski definition) is 0. The molecule has 0 saturated carbocycles. The second kappa shape index (κ2) is 4.92. The highest BCUT2D eigenvalue weighted by Gasteiger charge is 2.27. The lowest BCUT2D eigenvalue weighted by atomic mass is 9.85. The molecule has 3 heteroatoms. The molecule has 1 nitrogen and oxygen atoms in total. The first-order valence-corrected chi connectivity index (χ1v) is 5.47. The van der Waals surface area contributed by atoms with Crippen LogP contribution in [0.1, 0.15) is 19.1 Å². The molecule has 74 valence electrons. The van der Waals surface area contributed by atoms with E-state index >= 15 is 0 Å². The molecule has 1 aromatic rings. The molecule has 0 fully saturated rings. The number of furan rings is 1. The van der Waals surface area contributed by atoms with E-state index in [0.717, 1.165) is 18.6 Å². The summed E-state index contributed by atoms with van der Waals surface area (Å²) >= 11 is 11.8. The molecule has 0 atom stereocenters. The molecule has 0 aromatic carbocycles. The average molecular weight is 221 g/mol. The molecule has 13 heavy (non-hydrogen) atoms. The van der Waals surface area contributed by atoms with Gasteiger partial charge in [0.15, 0.2) is 0 Å². The summed E-state index contributed by atoms with van der Waals surface area (Å²) in [5.74, 6) is 2.12. The summed E-state index contributed by atoms with van der Waals surface area (Å²) in [6, 6.07) is 3.85. The Bertz CT molecular complexity index is 219. The summed E-state index contributed by atoms with van der Waals surface area (Å²) in [6.45, 7) is 2.10. The molecule has 0 N–H and O–H groups in total. The van der Waals surface area contributed by atoms with Crippen molar-refractivity contribution in [1.82, 2.24) is 0 Å². The minimum absolute atomic E-state index is 0.0129. The Balaban J connectivity index is 2.67. The first-order chi connectivity index (χ1) is 6.26. The molecule has 1 aromatic heterocycles. The molecule has 0 spiro atoms. The van der Waals surface area contributed by atoms with E-state index in [1.165, 1.54) is 0 Å². The van der Waals surface area contributed by atoms with Gasteiger partial charge in [-0.3, -0.25) is 0 Å². The summed E-state index contributed by atoms with van der Waals surface area (Å²) in [4.78, 5) is 0. The standard InChI is InChI=1S/C10H14Cl2O/c1-2-10(7-11,8-12)6-9-4-3-5-13-9/h3-5H,2,6-8H2,1H3. The summed E-state index contributed by atoms with van der Waals surface area (Å²) < 4.78 is 5.28. The van der Waals surface area contributed by atoms with E-state index in [2.05, 4.69) is 6.92 Å². The van der Waals surface area contributed by atoms with Gasteiger partial charge in [0.25, 0.3) is 0 Å². The second-order valence-electron chi connectivity index (χ2n) is 3.38. The molecule has 1 rings (SSSR count). The van der Waals surface area contributed by atoms with Crippen LogP contribution >= 0.6 is 23.2 Å². The van der Waals surface area contributed by atoms with Gasteiger partial charge in [-0.2, -0.15) is 0 Å². The van der Waals surface area contributed by atoms with E-state index in [1.54, 1.807) is 6.26 Å². The molecule has 0 radical (unpaired) electrons. The third kappa shape index (κ3) is 2.65. The average Bonchev–Trinajstić information content (AvgIpc) is 2.67. The fourth-order valence-electron chi connectivity index (χ4n) is 1.23. The van der Waals surface area contributed by atoms with E-state index in [-0.39, 0.29) is 5.41 Å². The number of halogens is 2. The van der Waals surface area contributed by atoms with Crippen LogP contribution < -0.4 is 0 Å². The van der Waals surface area contributed by atoms with Crippen molar-refractivity contribution in [3.63, 3.8) is 0 Å². The Morgan fingerprint density at radius 2 is 2.08 bits per heavy atom. The van der Waals surface area contributed by atoms with Crippen LogP contribution in [0.5, 0.6) is 0 Å². The first-order valence-electron chi connectivity index (χ1n) is 4.40. The maximum atomic E-state index is 5.92. The zero-order chi connectivity index (χ0) is 9.73. The van der Waals surface area contributed by atoms with Crippen LogP contribution in [-0.2, 0) is 6.42 Å². The molecular formula is C10H14Cl2O. The monoisotopic (exact) mass is 220 g/mol. The molecule has 0 amide bonds. The SMILES string of the molecule is CCC(CCl)(CCl)Cc1ccco1. The van der Waals surface area contributed by atoms with Crippen molar-refractivity contribution in [2.75, 3.05) is 11.8 Å². The number of rotatable bonds is 5. The zero-order valence-corrected chi connectivity index (χ0v) is 9.24. The molecule has 0 aliphatic heterocycles. The highest BCUT2D eigenvalue weighted by atomic mass is 35.5. The van der Waals surface area contributed by atoms with Crippen molar-refractivity contribution in [3.8, 4) is 0 Å². The van der Waals surface area contributed by atoms with Crippen molar-refractivity contribution in [3.05, 3.63) is 24.2 Å². The smallest absolute Gasteiger partial charge is 0.104 e. The minimum atomic E-state index is -0.0129. The lowest BCUT2D eigenvalue weighted by molar-refractivity contribution is 0.327. The molecule has 0 bridgehead atoms. The van der Waals surface area contributed by atoms with Gasteiger partial charge in [0.05, 0.1) is 6.26 Å². The van der Waals surface area contributed by atoms with Crippen molar-refractivity contribution in [2.45, 2.75) is 19.8 Å². The normalized spacial score (nSPS) is 11.9. The van der Waals surface area contributed by atoms with Gasteiger partial charge >= 0.3 is 0 Å². The van der Waals surface area contributed by atoms with Crippen molar-refractivity contribution >= 4 is 23.2 Å². The number of alkyl halides is 2. The highest BCUT2D eigenvalue weighted by molar-refractivity contribution is 6.21. The molecule has 0 saturated heterocycles. The van der Waals surface area contributed by atoms with Crippen molar-refractivity contribution < 1.29 is 4.42 Å². The predicted octanol–water partition coefficient (Wildman–Crippen LogP) is 3.70. The van der Waals surface area contributed by atoms with Crippen LogP contribution in [0, 0.1) is 5.41 Å². The topological polar surface area (TPSA) is 13.1 Å². The molecular weight excluding hydrogens is 207 g/mol. The summed E-state index contributed by atoms with van der Waals surface area (Å²) in [6.07, 6.45) is 3.47. The van der Waals surface area contributed by atoms with Gasteiger partial charge in [-0.05, 0) is 18.6 Å². The van der Waals surface area contributed by atoms with Gasteiger partial charge in [0.2, 0.25) is 0 Å². The van der Waals surface area contributed by atoms with E-state index in [9.17, 15) is 0 Å². The minimum Gasteiger partial charge on any atom is -0.469 e.